The fourth-order valence-corrected chi connectivity index (χ4v) is 2.43. The molecule has 19 heavy (non-hydrogen) atoms. The Kier molecular flexibility index (Phi) is 4.93. The van der Waals surface area contributed by atoms with Crippen molar-refractivity contribution in [2.75, 3.05) is 31.6 Å². The SMILES string of the molecule is CCc1ccc(NC(=O)CN2CCC(CO)C2)cc1. The van der Waals surface area contributed by atoms with Crippen LogP contribution in [0.5, 0.6) is 0 Å². The maximum atomic E-state index is 11.9. The number of aliphatic hydroxyl groups is 1. The van der Waals surface area contributed by atoms with E-state index in [9.17, 15) is 4.79 Å². The molecule has 1 unspecified atom stereocenters. The fourth-order valence-electron chi connectivity index (χ4n) is 2.43. The van der Waals surface area contributed by atoms with Crippen LogP contribution in [0, 0.1) is 5.92 Å². The normalized spacial score (nSPS) is 19.6. The van der Waals surface area contributed by atoms with Gasteiger partial charge in [0.25, 0.3) is 0 Å². The third-order valence-corrected chi connectivity index (χ3v) is 3.64. The molecule has 0 aliphatic carbocycles. The molecule has 1 saturated heterocycles. The highest BCUT2D eigenvalue weighted by Gasteiger charge is 2.23. The van der Waals surface area contributed by atoms with Gasteiger partial charge in [0.2, 0.25) is 5.91 Å². The molecule has 0 bridgehead atoms. The van der Waals surface area contributed by atoms with Crippen molar-refractivity contribution in [1.29, 1.82) is 0 Å². The number of nitrogens with one attached hydrogen (secondary N) is 1. The Labute approximate surface area is 114 Å². The van der Waals surface area contributed by atoms with Crippen molar-refractivity contribution < 1.29 is 9.90 Å². The van der Waals surface area contributed by atoms with Gasteiger partial charge in [-0.15, -0.1) is 0 Å². The van der Waals surface area contributed by atoms with Crippen LogP contribution in [-0.2, 0) is 11.2 Å². The minimum absolute atomic E-state index is 0.0165. The lowest BCUT2D eigenvalue weighted by atomic mass is 10.1. The van der Waals surface area contributed by atoms with Gasteiger partial charge in [0.1, 0.15) is 0 Å². The molecule has 1 aliphatic rings. The van der Waals surface area contributed by atoms with Crippen molar-refractivity contribution in [2.45, 2.75) is 19.8 Å². The highest BCUT2D eigenvalue weighted by Crippen LogP contribution is 2.15. The van der Waals surface area contributed by atoms with Crippen molar-refractivity contribution in [3.8, 4) is 0 Å². The van der Waals surface area contributed by atoms with E-state index in [-0.39, 0.29) is 12.5 Å². The zero-order chi connectivity index (χ0) is 13.7. The van der Waals surface area contributed by atoms with Crippen LogP contribution in [0.1, 0.15) is 18.9 Å². The molecule has 2 N–H and O–H groups in total. The van der Waals surface area contributed by atoms with E-state index in [4.69, 9.17) is 5.11 Å². The van der Waals surface area contributed by atoms with Crippen molar-refractivity contribution >= 4 is 11.6 Å². The molecular formula is C15H22N2O2. The number of hydrogen-bond acceptors (Lipinski definition) is 3. The van der Waals surface area contributed by atoms with Gasteiger partial charge in [-0.3, -0.25) is 9.69 Å². The van der Waals surface area contributed by atoms with Crippen LogP contribution >= 0.6 is 0 Å². The number of rotatable bonds is 5. The van der Waals surface area contributed by atoms with Crippen LogP contribution in [0.2, 0.25) is 0 Å². The predicted octanol–water partition coefficient (Wildman–Crippen LogP) is 1.50. The Hall–Kier alpha value is -1.39. The molecule has 1 amide bonds. The van der Waals surface area contributed by atoms with Gasteiger partial charge in [-0.25, -0.2) is 0 Å². The van der Waals surface area contributed by atoms with Gasteiger partial charge in [-0.05, 0) is 43.0 Å². The number of carbonyl (C=O) groups excluding carboxylic acids is 1. The smallest absolute Gasteiger partial charge is 0.238 e. The second-order valence-electron chi connectivity index (χ2n) is 5.17. The molecule has 1 atom stereocenters. The molecule has 104 valence electrons. The highest BCUT2D eigenvalue weighted by molar-refractivity contribution is 5.92. The number of anilines is 1. The first-order chi connectivity index (χ1) is 9.21. The Morgan fingerprint density at radius 2 is 2.16 bits per heavy atom. The predicted molar refractivity (Wildman–Crippen MR) is 76.1 cm³/mol. The summed E-state index contributed by atoms with van der Waals surface area (Å²) >= 11 is 0. The van der Waals surface area contributed by atoms with Gasteiger partial charge >= 0.3 is 0 Å². The molecule has 4 nitrogen and oxygen atoms in total. The van der Waals surface area contributed by atoms with Gasteiger partial charge in [-0.2, -0.15) is 0 Å². The van der Waals surface area contributed by atoms with Gasteiger partial charge in [0.15, 0.2) is 0 Å². The zero-order valence-corrected chi connectivity index (χ0v) is 11.4. The Morgan fingerprint density at radius 1 is 1.42 bits per heavy atom. The minimum Gasteiger partial charge on any atom is -0.396 e. The number of aliphatic hydroxyl groups excluding tert-OH is 1. The van der Waals surface area contributed by atoms with Crippen LogP contribution in [-0.4, -0.2) is 42.2 Å². The first-order valence-corrected chi connectivity index (χ1v) is 6.93. The lowest BCUT2D eigenvalue weighted by Gasteiger charge is -2.15. The van der Waals surface area contributed by atoms with Crippen LogP contribution in [0.3, 0.4) is 0 Å². The number of benzene rings is 1. The fraction of sp³-hybridized carbons (Fsp3) is 0.533. The molecule has 0 spiro atoms. The molecule has 1 fully saturated rings. The second kappa shape index (κ2) is 6.68. The first-order valence-electron chi connectivity index (χ1n) is 6.93. The summed E-state index contributed by atoms with van der Waals surface area (Å²) in [6.07, 6.45) is 1.99. The summed E-state index contributed by atoms with van der Waals surface area (Å²) in [4.78, 5) is 14.0. The minimum atomic E-state index is 0.0165. The number of likely N-dealkylation sites (tertiary alicyclic amines) is 1. The molecule has 1 heterocycles. The summed E-state index contributed by atoms with van der Waals surface area (Å²) < 4.78 is 0. The van der Waals surface area contributed by atoms with E-state index < -0.39 is 0 Å². The topological polar surface area (TPSA) is 52.6 Å². The van der Waals surface area contributed by atoms with Gasteiger partial charge < -0.3 is 10.4 Å². The number of aryl methyl sites for hydroxylation is 1. The number of hydrogen-bond donors (Lipinski definition) is 2. The summed E-state index contributed by atoms with van der Waals surface area (Å²) in [6.45, 7) is 4.45. The summed E-state index contributed by atoms with van der Waals surface area (Å²) in [5.74, 6) is 0.347. The third kappa shape index (κ3) is 4.04. The van der Waals surface area contributed by atoms with E-state index in [0.29, 0.717) is 12.5 Å². The highest BCUT2D eigenvalue weighted by atomic mass is 16.3. The Bertz CT molecular complexity index is 417. The monoisotopic (exact) mass is 262 g/mol. The lowest BCUT2D eigenvalue weighted by molar-refractivity contribution is -0.117. The van der Waals surface area contributed by atoms with Crippen LogP contribution in [0.4, 0.5) is 5.69 Å². The van der Waals surface area contributed by atoms with Crippen molar-refractivity contribution in [3.05, 3.63) is 29.8 Å². The molecule has 1 aromatic carbocycles. The maximum absolute atomic E-state index is 11.9. The Balaban J connectivity index is 1.80. The largest absolute Gasteiger partial charge is 0.396 e. The maximum Gasteiger partial charge on any atom is 0.238 e. The van der Waals surface area contributed by atoms with Crippen LogP contribution in [0.25, 0.3) is 0 Å². The third-order valence-electron chi connectivity index (χ3n) is 3.64. The first kappa shape index (κ1) is 14.0. The molecule has 0 saturated carbocycles. The number of carbonyl (C=O) groups is 1. The Morgan fingerprint density at radius 3 is 2.74 bits per heavy atom. The second-order valence-corrected chi connectivity index (χ2v) is 5.17. The van der Waals surface area contributed by atoms with E-state index in [0.717, 1.165) is 31.6 Å². The molecular weight excluding hydrogens is 240 g/mol. The average Bonchev–Trinajstić information content (AvgIpc) is 2.87. The standard InChI is InChI=1S/C15H22N2O2/c1-2-12-3-5-14(6-4-12)16-15(19)10-17-8-7-13(9-17)11-18/h3-6,13,18H,2,7-11H2,1H3,(H,16,19). The van der Waals surface area contributed by atoms with E-state index >= 15 is 0 Å². The lowest BCUT2D eigenvalue weighted by Crippen LogP contribution is -2.31. The summed E-state index contributed by atoms with van der Waals surface area (Å²) in [5, 5.41) is 12.0. The van der Waals surface area contributed by atoms with Gasteiger partial charge in [0, 0.05) is 18.8 Å². The van der Waals surface area contributed by atoms with E-state index in [1.54, 1.807) is 0 Å². The van der Waals surface area contributed by atoms with Crippen LogP contribution < -0.4 is 5.32 Å². The summed E-state index contributed by atoms with van der Waals surface area (Å²) in [7, 11) is 0. The molecule has 2 rings (SSSR count). The average molecular weight is 262 g/mol. The van der Waals surface area contributed by atoms with E-state index in [2.05, 4.69) is 17.1 Å². The van der Waals surface area contributed by atoms with Crippen molar-refractivity contribution in [2.24, 2.45) is 5.92 Å². The van der Waals surface area contributed by atoms with Crippen molar-refractivity contribution in [1.82, 2.24) is 4.90 Å². The van der Waals surface area contributed by atoms with E-state index in [1.807, 2.05) is 24.3 Å². The molecule has 0 radical (unpaired) electrons. The number of nitrogens with zero attached hydrogens (tertiary/aromatic N) is 1. The summed E-state index contributed by atoms with van der Waals surface area (Å²) in [6, 6.07) is 7.95. The number of amides is 1. The molecule has 4 heteroatoms. The molecule has 1 aliphatic heterocycles. The van der Waals surface area contributed by atoms with Gasteiger partial charge in [0.05, 0.1) is 6.54 Å². The quantitative estimate of drug-likeness (QED) is 0.845. The van der Waals surface area contributed by atoms with Gasteiger partial charge in [-0.1, -0.05) is 19.1 Å². The van der Waals surface area contributed by atoms with Crippen LogP contribution in [0.15, 0.2) is 24.3 Å². The van der Waals surface area contributed by atoms with Crippen molar-refractivity contribution in [3.63, 3.8) is 0 Å². The molecule has 0 aromatic heterocycles. The summed E-state index contributed by atoms with van der Waals surface area (Å²) in [5.41, 5.74) is 2.11. The zero-order valence-electron chi connectivity index (χ0n) is 11.4. The molecule has 1 aromatic rings. The van der Waals surface area contributed by atoms with E-state index in [1.165, 1.54) is 5.56 Å².